The molecule has 0 fully saturated rings. The van der Waals surface area contributed by atoms with E-state index >= 15 is 0 Å². The van der Waals surface area contributed by atoms with E-state index in [2.05, 4.69) is 5.32 Å². The van der Waals surface area contributed by atoms with E-state index in [4.69, 9.17) is 30.2 Å². The summed E-state index contributed by atoms with van der Waals surface area (Å²) >= 11 is 6.07. The van der Waals surface area contributed by atoms with Crippen molar-refractivity contribution in [3.8, 4) is 11.5 Å². The van der Waals surface area contributed by atoms with E-state index in [1.54, 1.807) is 6.26 Å². The molecule has 7 nitrogen and oxygen atoms in total. The molecule has 0 atom stereocenters. The van der Waals surface area contributed by atoms with Crippen LogP contribution in [0.4, 0.5) is 5.69 Å². The number of carbonyl (C=O) groups is 2. The summed E-state index contributed by atoms with van der Waals surface area (Å²) in [5.74, 6) is -0.342. The van der Waals surface area contributed by atoms with E-state index in [1.165, 1.54) is 26.4 Å². The number of esters is 1. The number of hydrogen-bond donors (Lipinski definition) is 1. The van der Waals surface area contributed by atoms with E-state index < -0.39 is 18.5 Å². The number of fused-ring (bicyclic) bond motifs is 3. The number of ether oxygens (including phenoxy) is 3. The molecule has 4 rings (SSSR count). The van der Waals surface area contributed by atoms with Crippen LogP contribution in [0.15, 0.2) is 59.2 Å². The van der Waals surface area contributed by atoms with Crippen LogP contribution in [0.25, 0.3) is 21.7 Å². The summed E-state index contributed by atoms with van der Waals surface area (Å²) in [6, 6.07) is 14.7. The lowest BCUT2D eigenvalue weighted by Crippen LogP contribution is -2.22. The van der Waals surface area contributed by atoms with Gasteiger partial charge in [0.1, 0.15) is 17.1 Å². The third kappa shape index (κ3) is 4.33. The SMILES string of the molecule is COc1cc(NC(=O)COC(=O)Cc2coc3ccc4ccccc4c23)c(OC)cc1Cl. The minimum atomic E-state index is -0.545. The second-order valence-electron chi connectivity index (χ2n) is 6.99. The quantitative estimate of drug-likeness (QED) is 0.397. The fourth-order valence-corrected chi connectivity index (χ4v) is 3.73. The van der Waals surface area contributed by atoms with Crippen LogP contribution in [-0.2, 0) is 20.7 Å². The third-order valence-corrected chi connectivity index (χ3v) is 5.28. The summed E-state index contributed by atoms with van der Waals surface area (Å²) in [6.07, 6.45) is 1.52. The first-order chi connectivity index (χ1) is 15.5. The molecule has 164 valence electrons. The number of anilines is 1. The molecule has 0 aliphatic rings. The molecule has 32 heavy (non-hydrogen) atoms. The number of carbonyl (C=O) groups excluding carboxylic acids is 2. The molecule has 4 aromatic rings. The van der Waals surface area contributed by atoms with Crippen molar-refractivity contribution < 1.29 is 28.2 Å². The van der Waals surface area contributed by atoms with Crippen molar-refractivity contribution in [3.05, 3.63) is 65.4 Å². The Morgan fingerprint density at radius 3 is 2.59 bits per heavy atom. The molecule has 3 aromatic carbocycles. The Balaban J connectivity index is 1.43. The van der Waals surface area contributed by atoms with Crippen LogP contribution in [0, 0.1) is 0 Å². The van der Waals surface area contributed by atoms with E-state index in [0.29, 0.717) is 33.4 Å². The average Bonchev–Trinajstić information content (AvgIpc) is 3.21. The zero-order valence-corrected chi connectivity index (χ0v) is 18.2. The predicted molar refractivity (Wildman–Crippen MR) is 122 cm³/mol. The van der Waals surface area contributed by atoms with Crippen molar-refractivity contribution in [2.45, 2.75) is 6.42 Å². The van der Waals surface area contributed by atoms with Gasteiger partial charge in [0.2, 0.25) is 0 Å². The summed E-state index contributed by atoms with van der Waals surface area (Å²) in [6.45, 7) is -0.455. The van der Waals surface area contributed by atoms with Crippen LogP contribution in [0.5, 0.6) is 11.5 Å². The number of nitrogens with one attached hydrogen (secondary N) is 1. The molecule has 1 aromatic heterocycles. The number of rotatable bonds is 7. The molecule has 1 N–H and O–H groups in total. The maximum Gasteiger partial charge on any atom is 0.310 e. The minimum Gasteiger partial charge on any atom is -0.495 e. The standard InChI is InChI=1S/C24H20ClNO6/c1-29-20-11-18(21(30-2)10-17(20)25)26-22(27)13-32-23(28)9-15-12-31-19-8-7-14-5-3-4-6-16(14)24(15)19/h3-8,10-12H,9,13H2,1-2H3,(H,26,27). The van der Waals surface area contributed by atoms with Gasteiger partial charge < -0.3 is 23.9 Å². The van der Waals surface area contributed by atoms with Crippen molar-refractivity contribution in [3.63, 3.8) is 0 Å². The number of hydrogen-bond acceptors (Lipinski definition) is 6. The topological polar surface area (TPSA) is 87.0 Å². The maximum atomic E-state index is 12.4. The zero-order chi connectivity index (χ0) is 22.7. The molecule has 0 saturated carbocycles. The highest BCUT2D eigenvalue weighted by Crippen LogP contribution is 2.36. The fourth-order valence-electron chi connectivity index (χ4n) is 3.50. The van der Waals surface area contributed by atoms with Crippen LogP contribution >= 0.6 is 11.6 Å². The lowest BCUT2D eigenvalue weighted by Gasteiger charge is -2.13. The lowest BCUT2D eigenvalue weighted by atomic mass is 10.0. The molecule has 0 bridgehead atoms. The number of amides is 1. The van der Waals surface area contributed by atoms with E-state index in [-0.39, 0.29) is 6.42 Å². The molecule has 8 heteroatoms. The summed E-state index contributed by atoms with van der Waals surface area (Å²) in [5.41, 5.74) is 1.74. The first kappa shape index (κ1) is 21.5. The van der Waals surface area contributed by atoms with Gasteiger partial charge in [0.05, 0.1) is 37.6 Å². The second kappa shape index (κ2) is 9.20. The number of benzene rings is 3. The van der Waals surface area contributed by atoms with Crippen LogP contribution in [0.2, 0.25) is 5.02 Å². The normalized spacial score (nSPS) is 10.8. The Labute approximate surface area is 188 Å². The van der Waals surface area contributed by atoms with Crippen LogP contribution in [-0.4, -0.2) is 32.7 Å². The molecule has 0 radical (unpaired) electrons. The number of methoxy groups -OCH3 is 2. The third-order valence-electron chi connectivity index (χ3n) is 4.99. The molecule has 1 amide bonds. The first-order valence-electron chi connectivity index (χ1n) is 9.75. The molecule has 0 aliphatic heterocycles. The summed E-state index contributed by atoms with van der Waals surface area (Å²) in [7, 11) is 2.91. The van der Waals surface area contributed by atoms with Crippen LogP contribution in [0.1, 0.15) is 5.56 Å². The summed E-state index contributed by atoms with van der Waals surface area (Å²) in [5, 5.41) is 5.87. The zero-order valence-electron chi connectivity index (χ0n) is 17.4. The predicted octanol–water partition coefficient (Wildman–Crippen LogP) is 4.98. The van der Waals surface area contributed by atoms with Gasteiger partial charge in [-0.1, -0.05) is 41.9 Å². The monoisotopic (exact) mass is 453 g/mol. The molecule has 1 heterocycles. The van der Waals surface area contributed by atoms with E-state index in [9.17, 15) is 9.59 Å². The molecular formula is C24H20ClNO6. The highest BCUT2D eigenvalue weighted by atomic mass is 35.5. The highest BCUT2D eigenvalue weighted by Gasteiger charge is 2.17. The van der Waals surface area contributed by atoms with E-state index in [1.807, 2.05) is 36.4 Å². The fraction of sp³-hybridized carbons (Fsp3) is 0.167. The van der Waals surface area contributed by atoms with Gasteiger partial charge in [-0.05, 0) is 16.8 Å². The largest absolute Gasteiger partial charge is 0.495 e. The van der Waals surface area contributed by atoms with Gasteiger partial charge in [-0.25, -0.2) is 0 Å². The van der Waals surface area contributed by atoms with Crippen molar-refractivity contribution in [2.75, 3.05) is 26.1 Å². The van der Waals surface area contributed by atoms with Crippen molar-refractivity contribution in [1.82, 2.24) is 0 Å². The van der Waals surface area contributed by atoms with Gasteiger partial charge in [-0.15, -0.1) is 0 Å². The van der Waals surface area contributed by atoms with Crippen molar-refractivity contribution >= 4 is 50.9 Å². The minimum absolute atomic E-state index is 0.0215. The highest BCUT2D eigenvalue weighted by molar-refractivity contribution is 6.32. The Morgan fingerprint density at radius 1 is 1.03 bits per heavy atom. The molecule has 0 aliphatic carbocycles. The van der Waals surface area contributed by atoms with Gasteiger partial charge in [0.15, 0.2) is 6.61 Å². The van der Waals surface area contributed by atoms with Gasteiger partial charge in [-0.2, -0.15) is 0 Å². The Hall–Kier alpha value is -3.71. The average molecular weight is 454 g/mol. The van der Waals surface area contributed by atoms with Crippen LogP contribution < -0.4 is 14.8 Å². The lowest BCUT2D eigenvalue weighted by molar-refractivity contribution is -0.146. The smallest absolute Gasteiger partial charge is 0.310 e. The van der Waals surface area contributed by atoms with Gasteiger partial charge in [0.25, 0.3) is 5.91 Å². The van der Waals surface area contributed by atoms with E-state index in [0.717, 1.165) is 16.2 Å². The first-order valence-corrected chi connectivity index (χ1v) is 10.1. The van der Waals surface area contributed by atoms with Crippen molar-refractivity contribution in [1.29, 1.82) is 0 Å². The Bertz CT molecular complexity index is 1310. The molecule has 0 saturated heterocycles. The maximum absolute atomic E-state index is 12.4. The number of halogens is 1. The number of furan rings is 1. The molecule has 0 spiro atoms. The van der Waals surface area contributed by atoms with Gasteiger partial charge >= 0.3 is 5.97 Å². The Kier molecular flexibility index (Phi) is 6.18. The second-order valence-corrected chi connectivity index (χ2v) is 7.40. The van der Waals surface area contributed by atoms with Crippen molar-refractivity contribution in [2.24, 2.45) is 0 Å². The van der Waals surface area contributed by atoms with Crippen LogP contribution in [0.3, 0.4) is 0 Å². The molecule has 0 unspecified atom stereocenters. The Morgan fingerprint density at radius 2 is 1.81 bits per heavy atom. The molecular weight excluding hydrogens is 434 g/mol. The summed E-state index contributed by atoms with van der Waals surface area (Å²) < 4.78 is 21.2. The van der Waals surface area contributed by atoms with Gasteiger partial charge in [0, 0.05) is 23.1 Å². The summed E-state index contributed by atoms with van der Waals surface area (Å²) in [4.78, 5) is 24.7. The van der Waals surface area contributed by atoms with Gasteiger partial charge in [-0.3, -0.25) is 9.59 Å².